The molecule has 4 rings (SSSR count). The van der Waals surface area contributed by atoms with E-state index in [1.165, 1.54) is 6.26 Å². The van der Waals surface area contributed by atoms with Crippen molar-refractivity contribution < 1.29 is 9.47 Å². The van der Waals surface area contributed by atoms with Crippen molar-refractivity contribution in [2.24, 2.45) is 5.92 Å². The summed E-state index contributed by atoms with van der Waals surface area (Å²) in [5.41, 5.74) is 2.14. The minimum atomic E-state index is -0.0853. The molecular formula is C15H19N7O2. The van der Waals surface area contributed by atoms with Gasteiger partial charge in [-0.2, -0.15) is 4.52 Å². The van der Waals surface area contributed by atoms with Gasteiger partial charge in [-0.05, 0) is 29.2 Å². The zero-order valence-electron chi connectivity index (χ0n) is 13.7. The Hall–Kier alpha value is -2.55. The van der Waals surface area contributed by atoms with Crippen molar-refractivity contribution in [3.05, 3.63) is 24.9 Å². The van der Waals surface area contributed by atoms with Crippen LogP contribution in [-0.2, 0) is 16.1 Å². The van der Waals surface area contributed by atoms with Gasteiger partial charge in [0.15, 0.2) is 5.65 Å². The van der Waals surface area contributed by atoms with Gasteiger partial charge in [0.1, 0.15) is 24.0 Å². The van der Waals surface area contributed by atoms with Gasteiger partial charge in [-0.1, -0.05) is 25.5 Å². The second-order valence-corrected chi connectivity index (χ2v) is 6.00. The van der Waals surface area contributed by atoms with E-state index in [1.807, 2.05) is 4.57 Å². The molecular weight excluding hydrogens is 310 g/mol. The van der Waals surface area contributed by atoms with Crippen molar-refractivity contribution in [1.82, 2.24) is 34.6 Å². The summed E-state index contributed by atoms with van der Waals surface area (Å²) in [5, 5.41) is 11.7. The van der Waals surface area contributed by atoms with Crippen molar-refractivity contribution in [2.75, 3.05) is 0 Å². The molecule has 0 saturated carbocycles. The van der Waals surface area contributed by atoms with Crippen LogP contribution < -0.4 is 0 Å². The average Bonchev–Trinajstić information content (AvgIpc) is 3.28. The molecule has 1 fully saturated rings. The minimum absolute atomic E-state index is 0.0853. The molecule has 3 atom stereocenters. The van der Waals surface area contributed by atoms with E-state index in [1.54, 1.807) is 10.8 Å². The molecule has 0 spiro atoms. The van der Waals surface area contributed by atoms with E-state index < -0.39 is 0 Å². The third kappa shape index (κ3) is 2.23. The number of imidazole rings is 1. The molecule has 1 aliphatic heterocycles. The fourth-order valence-corrected chi connectivity index (χ4v) is 3.32. The summed E-state index contributed by atoms with van der Waals surface area (Å²) in [6, 6.07) is 0. The fourth-order valence-electron chi connectivity index (χ4n) is 3.32. The predicted molar refractivity (Wildman–Crippen MR) is 84.8 cm³/mol. The molecule has 3 aromatic rings. The number of hydrogen-bond donors (Lipinski definition) is 0. The lowest BCUT2D eigenvalue weighted by Crippen LogP contribution is -2.13. The quantitative estimate of drug-likeness (QED) is 0.660. The highest BCUT2D eigenvalue weighted by molar-refractivity contribution is 5.76. The highest BCUT2D eigenvalue weighted by atomic mass is 16.5. The molecule has 1 saturated heterocycles. The maximum absolute atomic E-state index is 6.20. The van der Waals surface area contributed by atoms with Crippen LogP contribution in [0.3, 0.4) is 0 Å². The molecule has 0 radical (unpaired) electrons. The summed E-state index contributed by atoms with van der Waals surface area (Å²) in [5.74, 6) is 0.900. The van der Waals surface area contributed by atoms with Crippen molar-refractivity contribution in [1.29, 1.82) is 0 Å². The molecule has 1 aliphatic rings. The van der Waals surface area contributed by atoms with E-state index in [0.29, 0.717) is 22.9 Å². The van der Waals surface area contributed by atoms with E-state index in [-0.39, 0.29) is 18.9 Å². The van der Waals surface area contributed by atoms with Crippen LogP contribution >= 0.6 is 0 Å². The molecule has 9 heteroatoms. The highest BCUT2D eigenvalue weighted by Crippen LogP contribution is 2.36. The van der Waals surface area contributed by atoms with Gasteiger partial charge >= 0.3 is 0 Å². The minimum Gasteiger partial charge on any atom is -0.495 e. The largest absolute Gasteiger partial charge is 0.495 e. The van der Waals surface area contributed by atoms with E-state index in [9.17, 15) is 0 Å². The van der Waals surface area contributed by atoms with Gasteiger partial charge in [-0.25, -0.2) is 9.97 Å². The first-order valence-electron chi connectivity index (χ1n) is 8.04. The van der Waals surface area contributed by atoms with Crippen LogP contribution in [0.25, 0.3) is 16.9 Å². The molecule has 3 aromatic heterocycles. The summed E-state index contributed by atoms with van der Waals surface area (Å²) in [4.78, 5) is 8.94. The number of ether oxygens (including phenoxy) is 2. The van der Waals surface area contributed by atoms with Gasteiger partial charge < -0.3 is 9.47 Å². The summed E-state index contributed by atoms with van der Waals surface area (Å²) in [6.45, 7) is 8.18. The van der Waals surface area contributed by atoms with Gasteiger partial charge in [0.2, 0.25) is 0 Å². The third-order valence-corrected chi connectivity index (χ3v) is 4.52. The summed E-state index contributed by atoms with van der Waals surface area (Å²) < 4.78 is 15.1. The molecule has 126 valence electrons. The molecule has 0 bridgehead atoms. The van der Waals surface area contributed by atoms with Crippen LogP contribution in [0.15, 0.2) is 19.2 Å². The first-order valence-corrected chi connectivity index (χ1v) is 8.04. The second-order valence-electron chi connectivity index (χ2n) is 6.00. The Morgan fingerprint density at radius 2 is 2.38 bits per heavy atom. The maximum atomic E-state index is 6.20. The lowest BCUT2D eigenvalue weighted by molar-refractivity contribution is -0.00318. The molecule has 9 nitrogen and oxygen atoms in total. The lowest BCUT2D eigenvalue weighted by atomic mass is 10.0. The number of nitrogens with zero attached hydrogens (tertiary/aromatic N) is 7. The van der Waals surface area contributed by atoms with E-state index in [4.69, 9.17) is 9.47 Å². The van der Waals surface area contributed by atoms with E-state index in [0.717, 1.165) is 18.5 Å². The Bertz CT molecular complexity index is 887. The molecule has 0 aliphatic carbocycles. The first-order chi connectivity index (χ1) is 11.7. The SMILES string of the molecule is C=COCc1nc2nnnn2c2c1ncn2[C@H]1C[C@@H](C)[C@@H](CC)O1. The molecule has 24 heavy (non-hydrogen) atoms. The smallest absolute Gasteiger partial charge is 0.275 e. The Kier molecular flexibility index (Phi) is 3.64. The molecule has 0 N–H and O–H groups in total. The average molecular weight is 329 g/mol. The molecule has 4 heterocycles. The lowest BCUT2D eigenvalue weighted by Gasteiger charge is -2.15. The van der Waals surface area contributed by atoms with Crippen molar-refractivity contribution in [2.45, 2.75) is 45.6 Å². The number of hydrogen-bond acceptors (Lipinski definition) is 7. The number of rotatable bonds is 5. The van der Waals surface area contributed by atoms with Gasteiger partial charge in [-0.15, -0.1) is 0 Å². The zero-order valence-corrected chi connectivity index (χ0v) is 13.7. The first kappa shape index (κ1) is 15.0. The van der Waals surface area contributed by atoms with Crippen LogP contribution in [0.5, 0.6) is 0 Å². The van der Waals surface area contributed by atoms with Gasteiger partial charge in [0, 0.05) is 0 Å². The number of fused-ring (bicyclic) bond motifs is 3. The van der Waals surface area contributed by atoms with Gasteiger partial charge in [-0.3, -0.25) is 4.57 Å². The second kappa shape index (κ2) is 5.82. The maximum Gasteiger partial charge on any atom is 0.275 e. The zero-order chi connectivity index (χ0) is 16.7. The Labute approximate surface area is 138 Å². The van der Waals surface area contributed by atoms with Crippen molar-refractivity contribution in [3.63, 3.8) is 0 Å². The normalized spacial score (nSPS) is 24.0. The summed E-state index contributed by atoms with van der Waals surface area (Å²) in [7, 11) is 0. The Balaban J connectivity index is 1.85. The fraction of sp³-hybridized carbons (Fsp3) is 0.533. The van der Waals surface area contributed by atoms with Crippen LogP contribution in [0.1, 0.15) is 38.6 Å². The topological polar surface area (TPSA) is 92.3 Å². The van der Waals surface area contributed by atoms with Gasteiger partial charge in [0.25, 0.3) is 5.78 Å². The van der Waals surface area contributed by atoms with Crippen molar-refractivity contribution in [3.8, 4) is 0 Å². The molecule has 0 aromatic carbocycles. The molecule has 0 amide bonds. The van der Waals surface area contributed by atoms with E-state index in [2.05, 4.69) is 45.9 Å². The van der Waals surface area contributed by atoms with Crippen molar-refractivity contribution >= 4 is 16.9 Å². The predicted octanol–water partition coefficient (Wildman–Crippen LogP) is 1.86. The Morgan fingerprint density at radius 3 is 3.12 bits per heavy atom. The summed E-state index contributed by atoms with van der Waals surface area (Å²) in [6.07, 6.45) is 5.23. The summed E-state index contributed by atoms with van der Waals surface area (Å²) >= 11 is 0. The highest BCUT2D eigenvalue weighted by Gasteiger charge is 2.33. The monoisotopic (exact) mass is 329 g/mol. The number of tetrazole rings is 1. The standard InChI is InChI=1S/C15H19N7O2/c1-4-11-9(3)6-12(24-11)21-8-16-13-10(7-23-5-2)17-15-18-19-20-22(15)14(13)21/h5,8-9,11-12H,2,4,6-7H2,1,3H3/t9-,11-,12-/m1/s1. The van der Waals surface area contributed by atoms with Gasteiger partial charge in [0.05, 0.1) is 18.7 Å². The van der Waals surface area contributed by atoms with E-state index >= 15 is 0 Å². The van der Waals surface area contributed by atoms with Crippen LogP contribution in [0.2, 0.25) is 0 Å². The molecule has 0 unspecified atom stereocenters. The Morgan fingerprint density at radius 1 is 1.50 bits per heavy atom. The van der Waals surface area contributed by atoms with Crippen LogP contribution in [0, 0.1) is 5.92 Å². The number of aromatic nitrogens is 7. The third-order valence-electron chi connectivity index (χ3n) is 4.52. The van der Waals surface area contributed by atoms with Crippen LogP contribution in [-0.4, -0.2) is 40.7 Å². The van der Waals surface area contributed by atoms with Crippen LogP contribution in [0.4, 0.5) is 0 Å².